The number of nitrogens with one attached hydrogen (secondary N) is 2. The maximum absolute atomic E-state index is 12.4. The average molecular weight is 341 g/mol. The highest BCUT2D eigenvalue weighted by atomic mass is 16.6. The number of aromatic nitrogens is 2. The zero-order chi connectivity index (χ0) is 17.7. The Labute approximate surface area is 139 Å². The highest BCUT2D eigenvalue weighted by molar-refractivity contribution is 5.96. The van der Waals surface area contributed by atoms with E-state index in [1.165, 1.54) is 24.3 Å². The average Bonchev–Trinajstić information content (AvgIpc) is 2.93. The lowest BCUT2D eigenvalue weighted by molar-refractivity contribution is -0.384. The summed E-state index contributed by atoms with van der Waals surface area (Å²) in [6.45, 7) is 0.0332. The van der Waals surface area contributed by atoms with Gasteiger partial charge in [-0.3, -0.25) is 19.9 Å². The number of benzene rings is 1. The number of carbonyl (C=O) groups is 1. The fraction of sp³-hybridized carbons (Fsp3) is 0.133. The molecule has 1 unspecified atom stereocenters. The molecule has 2 aliphatic heterocycles. The molecule has 0 bridgehead atoms. The van der Waals surface area contributed by atoms with Gasteiger partial charge in [0.25, 0.3) is 11.2 Å². The molecule has 1 aromatic heterocycles. The predicted octanol–water partition coefficient (Wildman–Crippen LogP) is 0.629. The molecule has 1 aromatic carbocycles. The molecule has 0 spiro atoms. The van der Waals surface area contributed by atoms with Gasteiger partial charge < -0.3 is 15.8 Å². The molecule has 0 radical (unpaired) electrons. The third-order valence-electron chi connectivity index (χ3n) is 4.15. The zero-order valence-corrected chi connectivity index (χ0v) is 12.6. The highest BCUT2D eigenvalue weighted by Crippen LogP contribution is 2.42. The van der Waals surface area contributed by atoms with E-state index in [1.807, 2.05) is 0 Å². The van der Waals surface area contributed by atoms with Crippen LogP contribution in [0, 0.1) is 10.1 Å². The van der Waals surface area contributed by atoms with Crippen molar-refractivity contribution in [3.63, 3.8) is 0 Å². The van der Waals surface area contributed by atoms with Crippen molar-refractivity contribution < 1.29 is 14.5 Å². The quantitative estimate of drug-likeness (QED) is 0.408. The first-order valence-electron chi connectivity index (χ1n) is 7.27. The molecule has 0 fully saturated rings. The topological polar surface area (TPSA) is 153 Å². The van der Waals surface area contributed by atoms with Crippen LogP contribution in [0.2, 0.25) is 0 Å². The molecule has 0 amide bonds. The van der Waals surface area contributed by atoms with Crippen molar-refractivity contribution in [3.8, 4) is 0 Å². The number of nitro benzene ring substituents is 1. The molecule has 0 aliphatic carbocycles. The third-order valence-corrected chi connectivity index (χ3v) is 4.15. The zero-order valence-electron chi connectivity index (χ0n) is 12.6. The van der Waals surface area contributed by atoms with Crippen molar-refractivity contribution in [2.75, 3.05) is 17.7 Å². The molecule has 126 valence electrons. The van der Waals surface area contributed by atoms with Gasteiger partial charge in [-0.2, -0.15) is 4.98 Å². The normalized spacial score (nSPS) is 18.2. The summed E-state index contributed by atoms with van der Waals surface area (Å²) in [4.78, 5) is 41.4. The summed E-state index contributed by atoms with van der Waals surface area (Å²) in [6, 6.07) is 5.64. The van der Waals surface area contributed by atoms with E-state index in [9.17, 15) is 19.7 Å². The van der Waals surface area contributed by atoms with Crippen LogP contribution in [-0.4, -0.2) is 27.5 Å². The van der Waals surface area contributed by atoms with E-state index in [2.05, 4.69) is 15.3 Å². The van der Waals surface area contributed by atoms with Gasteiger partial charge in [0.2, 0.25) is 5.95 Å². The number of aromatic amines is 1. The first kappa shape index (κ1) is 14.9. The number of nitrogens with two attached hydrogens (primary N) is 1. The van der Waals surface area contributed by atoms with Gasteiger partial charge in [0, 0.05) is 12.1 Å². The Kier molecular flexibility index (Phi) is 3.07. The van der Waals surface area contributed by atoms with Crippen molar-refractivity contribution in [1.82, 2.24) is 9.97 Å². The van der Waals surface area contributed by atoms with Gasteiger partial charge in [0.1, 0.15) is 12.4 Å². The monoisotopic (exact) mass is 341 g/mol. The van der Waals surface area contributed by atoms with E-state index in [-0.39, 0.29) is 29.6 Å². The largest absolute Gasteiger partial charge is 0.456 e. The third kappa shape index (κ3) is 2.23. The summed E-state index contributed by atoms with van der Waals surface area (Å²) in [6.07, 6.45) is 0. The minimum absolute atomic E-state index is 0.0332. The number of non-ortho nitro benzene ring substituents is 1. The van der Waals surface area contributed by atoms with Crippen molar-refractivity contribution >= 4 is 23.4 Å². The summed E-state index contributed by atoms with van der Waals surface area (Å²) in [7, 11) is 0. The van der Waals surface area contributed by atoms with E-state index < -0.39 is 22.4 Å². The number of fused-ring (bicyclic) bond motifs is 1. The van der Waals surface area contributed by atoms with E-state index in [1.54, 1.807) is 0 Å². The second-order valence-electron chi connectivity index (χ2n) is 5.59. The number of ether oxygens (including phenoxy) is 1. The van der Waals surface area contributed by atoms with Crippen molar-refractivity contribution in [3.05, 3.63) is 67.1 Å². The number of hydrogen-bond acceptors (Lipinski definition) is 8. The van der Waals surface area contributed by atoms with Crippen LogP contribution in [0.1, 0.15) is 17.0 Å². The minimum atomic E-state index is -0.751. The number of carbonyl (C=O) groups excluding carboxylic acids is 1. The lowest BCUT2D eigenvalue weighted by atomic mass is 9.83. The first-order valence-corrected chi connectivity index (χ1v) is 7.27. The van der Waals surface area contributed by atoms with Crippen LogP contribution in [-0.2, 0) is 9.53 Å². The molecule has 2 aliphatic rings. The smallest absolute Gasteiger partial charge is 0.337 e. The molecular formula is C15H11N5O5. The maximum atomic E-state index is 12.4. The highest BCUT2D eigenvalue weighted by Gasteiger charge is 2.40. The van der Waals surface area contributed by atoms with Gasteiger partial charge in [-0.15, -0.1) is 0 Å². The SMILES string of the molecule is Nc1nc2c(c(=O)[nH]1)C(c1ccc([N+](=O)[O-])cc1)C1=C(COC1=O)N2. The van der Waals surface area contributed by atoms with Crippen LogP contribution in [0.3, 0.4) is 0 Å². The molecule has 25 heavy (non-hydrogen) atoms. The second-order valence-corrected chi connectivity index (χ2v) is 5.59. The Morgan fingerprint density at radius 2 is 2.00 bits per heavy atom. The van der Waals surface area contributed by atoms with Gasteiger partial charge in [0.05, 0.1) is 27.7 Å². The number of hydrogen-bond donors (Lipinski definition) is 3. The van der Waals surface area contributed by atoms with Gasteiger partial charge in [-0.05, 0) is 5.56 Å². The number of anilines is 2. The van der Waals surface area contributed by atoms with Crippen molar-refractivity contribution in [2.45, 2.75) is 5.92 Å². The number of nitrogens with zero attached hydrogens (tertiary/aromatic N) is 2. The van der Waals surface area contributed by atoms with Crippen LogP contribution in [0.4, 0.5) is 17.5 Å². The number of rotatable bonds is 2. The Hall–Kier alpha value is -3.69. The van der Waals surface area contributed by atoms with Crippen molar-refractivity contribution in [1.29, 1.82) is 0 Å². The van der Waals surface area contributed by atoms with Crippen LogP contribution >= 0.6 is 0 Å². The van der Waals surface area contributed by atoms with E-state index in [0.717, 1.165) is 0 Å². The lowest BCUT2D eigenvalue weighted by Gasteiger charge is -2.25. The lowest BCUT2D eigenvalue weighted by Crippen LogP contribution is -2.29. The number of nitrogen functional groups attached to an aromatic ring is 1. The van der Waals surface area contributed by atoms with E-state index in [0.29, 0.717) is 16.8 Å². The molecule has 10 heteroatoms. The van der Waals surface area contributed by atoms with Gasteiger partial charge in [-0.25, -0.2) is 4.79 Å². The predicted molar refractivity (Wildman–Crippen MR) is 85.8 cm³/mol. The fourth-order valence-corrected chi connectivity index (χ4v) is 3.08. The Bertz CT molecular complexity index is 1010. The van der Waals surface area contributed by atoms with Gasteiger partial charge in [-0.1, -0.05) is 12.1 Å². The van der Waals surface area contributed by atoms with Crippen LogP contribution < -0.4 is 16.6 Å². The fourth-order valence-electron chi connectivity index (χ4n) is 3.08. The molecule has 10 nitrogen and oxygen atoms in total. The van der Waals surface area contributed by atoms with Gasteiger partial charge in [0.15, 0.2) is 0 Å². The first-order chi connectivity index (χ1) is 12.0. The van der Waals surface area contributed by atoms with E-state index in [4.69, 9.17) is 10.5 Å². The summed E-state index contributed by atoms with van der Waals surface area (Å²) < 4.78 is 5.06. The van der Waals surface area contributed by atoms with Crippen LogP contribution in [0.5, 0.6) is 0 Å². The molecule has 0 saturated heterocycles. The number of H-pyrrole nitrogens is 1. The Balaban J connectivity index is 1.94. The number of nitro groups is 1. The van der Waals surface area contributed by atoms with Crippen molar-refractivity contribution in [2.24, 2.45) is 0 Å². The molecule has 2 aromatic rings. The van der Waals surface area contributed by atoms with Crippen LogP contribution in [0.15, 0.2) is 40.3 Å². The maximum Gasteiger partial charge on any atom is 0.337 e. The molecule has 1 atom stereocenters. The van der Waals surface area contributed by atoms with E-state index >= 15 is 0 Å². The Morgan fingerprint density at radius 1 is 1.28 bits per heavy atom. The summed E-state index contributed by atoms with van der Waals surface area (Å²) >= 11 is 0. The minimum Gasteiger partial charge on any atom is -0.456 e. The molecule has 3 heterocycles. The Morgan fingerprint density at radius 3 is 2.68 bits per heavy atom. The van der Waals surface area contributed by atoms with Gasteiger partial charge >= 0.3 is 5.97 Å². The number of esters is 1. The summed E-state index contributed by atoms with van der Waals surface area (Å²) in [5, 5.41) is 13.8. The summed E-state index contributed by atoms with van der Waals surface area (Å²) in [5.41, 5.74) is 6.54. The molecular weight excluding hydrogens is 330 g/mol. The standard InChI is InChI=1S/C15H11N5O5/c16-15-18-12-11(13(21)19-15)9(10-8(17-12)5-25-14(10)22)6-1-3-7(4-2-6)20(23)24/h1-4,9H,5H2,(H4,16,17,18,19,21). The van der Waals surface area contributed by atoms with Crippen LogP contribution in [0.25, 0.3) is 0 Å². The molecule has 0 saturated carbocycles. The second kappa shape index (κ2) is 5.16. The number of cyclic esters (lactones) is 1. The summed E-state index contributed by atoms with van der Waals surface area (Å²) in [5.74, 6) is -1.12. The molecule has 4 rings (SSSR count). The molecule has 4 N–H and O–H groups in total.